The van der Waals surface area contributed by atoms with Gasteiger partial charge in [0.1, 0.15) is 0 Å². The minimum atomic E-state index is 0.274. The Hall–Kier alpha value is -0.880. The van der Waals surface area contributed by atoms with Crippen LogP contribution in [0, 0.1) is 17.2 Å². The van der Waals surface area contributed by atoms with Gasteiger partial charge in [-0.05, 0) is 24.2 Å². The van der Waals surface area contributed by atoms with E-state index in [2.05, 4.69) is 38.3 Å². The van der Waals surface area contributed by atoms with Crippen molar-refractivity contribution in [2.75, 3.05) is 13.1 Å². The molecule has 100 valence electrons. The average molecular weight is 264 g/mol. The molecule has 0 spiro atoms. The highest BCUT2D eigenvalue weighted by molar-refractivity contribution is 8.07. The average Bonchev–Trinajstić information content (AvgIpc) is 2.66. The van der Waals surface area contributed by atoms with E-state index in [-0.39, 0.29) is 5.92 Å². The number of nitrogens with zero attached hydrogens (tertiary/aromatic N) is 2. The van der Waals surface area contributed by atoms with Gasteiger partial charge in [-0.3, -0.25) is 0 Å². The smallest absolute Gasteiger partial charge is 0.0981 e. The normalized spacial score (nSPS) is 19.2. The summed E-state index contributed by atoms with van der Waals surface area (Å²) in [5.41, 5.74) is 0.953. The third kappa shape index (κ3) is 3.32. The summed E-state index contributed by atoms with van der Waals surface area (Å²) >= 11 is 1.72. The predicted molar refractivity (Wildman–Crippen MR) is 79.9 cm³/mol. The maximum Gasteiger partial charge on any atom is 0.0981 e. The van der Waals surface area contributed by atoms with Crippen LogP contribution in [0.1, 0.15) is 46.5 Å². The summed E-state index contributed by atoms with van der Waals surface area (Å²) in [5.74, 6) is 0.274. The molecule has 1 aliphatic rings. The Balaban J connectivity index is 2.98. The molecule has 1 atom stereocenters. The lowest BCUT2D eigenvalue weighted by atomic mass is 9.96. The van der Waals surface area contributed by atoms with Gasteiger partial charge in [-0.1, -0.05) is 45.5 Å². The van der Waals surface area contributed by atoms with Crippen LogP contribution in [-0.4, -0.2) is 18.0 Å². The van der Waals surface area contributed by atoms with E-state index in [9.17, 15) is 5.26 Å². The van der Waals surface area contributed by atoms with Crippen molar-refractivity contribution < 1.29 is 0 Å². The molecule has 0 aliphatic carbocycles. The van der Waals surface area contributed by atoms with E-state index in [0.717, 1.165) is 49.3 Å². The number of thioether (sulfide) groups is 1. The molecule has 0 fully saturated rings. The van der Waals surface area contributed by atoms with E-state index >= 15 is 0 Å². The Kier molecular flexibility index (Phi) is 6.35. The maximum atomic E-state index is 9.45. The van der Waals surface area contributed by atoms with Gasteiger partial charge in [0.25, 0.3) is 0 Å². The Bertz CT molecular complexity index is 359. The van der Waals surface area contributed by atoms with Gasteiger partial charge < -0.3 is 4.90 Å². The van der Waals surface area contributed by atoms with E-state index < -0.39 is 0 Å². The first kappa shape index (κ1) is 15.2. The maximum absolute atomic E-state index is 9.45. The molecule has 1 aliphatic heterocycles. The molecule has 0 saturated carbocycles. The lowest BCUT2D eigenvalue weighted by Crippen LogP contribution is -2.23. The molecule has 1 rings (SSSR count). The number of hydrogen-bond acceptors (Lipinski definition) is 3. The second-order valence-corrected chi connectivity index (χ2v) is 5.84. The summed E-state index contributed by atoms with van der Waals surface area (Å²) in [6, 6.07) is 2.43. The van der Waals surface area contributed by atoms with Crippen LogP contribution in [0.2, 0.25) is 0 Å². The van der Waals surface area contributed by atoms with E-state index in [1.54, 1.807) is 11.8 Å². The van der Waals surface area contributed by atoms with Crippen molar-refractivity contribution in [3.05, 3.63) is 22.1 Å². The molecular formula is C15H24N2S. The van der Waals surface area contributed by atoms with Crippen molar-refractivity contribution in [2.24, 2.45) is 5.92 Å². The van der Waals surface area contributed by atoms with Crippen molar-refractivity contribution in [1.82, 2.24) is 4.90 Å². The van der Waals surface area contributed by atoms with Crippen molar-refractivity contribution in [3.63, 3.8) is 0 Å². The van der Waals surface area contributed by atoms with Gasteiger partial charge >= 0.3 is 0 Å². The summed E-state index contributed by atoms with van der Waals surface area (Å²) in [6.45, 7) is 12.8. The Morgan fingerprint density at radius 1 is 1.22 bits per heavy atom. The van der Waals surface area contributed by atoms with E-state index in [1.807, 2.05) is 0 Å². The largest absolute Gasteiger partial charge is 0.365 e. The first-order valence-corrected chi connectivity index (χ1v) is 7.76. The molecule has 0 aromatic carbocycles. The minimum absolute atomic E-state index is 0.274. The van der Waals surface area contributed by atoms with Crippen LogP contribution in [0.25, 0.3) is 0 Å². The fraction of sp³-hybridized carbons (Fsp3) is 0.667. The Morgan fingerprint density at radius 2 is 1.83 bits per heavy atom. The topological polar surface area (TPSA) is 27.0 Å². The van der Waals surface area contributed by atoms with Crippen LogP contribution in [0.15, 0.2) is 22.1 Å². The van der Waals surface area contributed by atoms with E-state index in [1.165, 1.54) is 5.03 Å². The van der Waals surface area contributed by atoms with Crippen LogP contribution >= 0.6 is 11.8 Å². The molecule has 0 bridgehead atoms. The molecular weight excluding hydrogens is 240 g/mol. The van der Waals surface area contributed by atoms with Crippen molar-refractivity contribution in [3.8, 4) is 6.07 Å². The lowest BCUT2D eigenvalue weighted by molar-refractivity contribution is 0.364. The first-order valence-electron chi connectivity index (χ1n) is 6.95. The molecule has 0 saturated heterocycles. The molecule has 1 heterocycles. The van der Waals surface area contributed by atoms with Gasteiger partial charge in [-0.25, -0.2) is 0 Å². The predicted octanol–water partition coefficient (Wildman–Crippen LogP) is 4.52. The second-order valence-electron chi connectivity index (χ2n) is 4.73. The van der Waals surface area contributed by atoms with Gasteiger partial charge in [0.05, 0.1) is 16.7 Å². The molecule has 0 radical (unpaired) electrons. The fourth-order valence-electron chi connectivity index (χ4n) is 2.37. The van der Waals surface area contributed by atoms with Crippen molar-refractivity contribution in [1.29, 1.82) is 5.26 Å². The monoisotopic (exact) mass is 264 g/mol. The number of allylic oxidation sites excluding steroid dienone is 2. The lowest BCUT2D eigenvalue weighted by Gasteiger charge is -2.24. The summed E-state index contributed by atoms with van der Waals surface area (Å²) in [6.07, 6.45) is 4.38. The quantitative estimate of drug-likeness (QED) is 0.676. The molecule has 18 heavy (non-hydrogen) atoms. The van der Waals surface area contributed by atoms with Gasteiger partial charge in [0.15, 0.2) is 0 Å². The zero-order chi connectivity index (χ0) is 13.5. The molecule has 0 N–H and O–H groups in total. The minimum Gasteiger partial charge on any atom is -0.365 e. The summed E-state index contributed by atoms with van der Waals surface area (Å²) in [4.78, 5) is 3.52. The molecule has 0 aromatic heterocycles. The Morgan fingerprint density at radius 3 is 2.28 bits per heavy atom. The van der Waals surface area contributed by atoms with Gasteiger partial charge in [-0.15, -0.1) is 0 Å². The summed E-state index contributed by atoms with van der Waals surface area (Å²) in [7, 11) is 0. The van der Waals surface area contributed by atoms with Gasteiger partial charge in [0.2, 0.25) is 0 Å². The highest BCUT2D eigenvalue weighted by atomic mass is 32.2. The van der Waals surface area contributed by atoms with E-state index in [4.69, 9.17) is 0 Å². The zero-order valence-corrected chi connectivity index (χ0v) is 12.6. The zero-order valence-electron chi connectivity index (χ0n) is 11.8. The molecule has 2 nitrogen and oxygen atoms in total. The molecule has 1 unspecified atom stereocenters. The Labute approximate surface area is 116 Å². The van der Waals surface area contributed by atoms with Crippen molar-refractivity contribution >= 4 is 11.8 Å². The molecule has 0 amide bonds. The van der Waals surface area contributed by atoms with Crippen LogP contribution < -0.4 is 0 Å². The number of rotatable bonds is 7. The third-order valence-corrected chi connectivity index (χ3v) is 4.39. The fourth-order valence-corrected chi connectivity index (χ4v) is 3.61. The highest BCUT2D eigenvalue weighted by Crippen LogP contribution is 2.47. The standard InChI is InChI=1S/C15H24N2S/c1-5-8-13-12(4)18-15(14(13)11-16)17(9-6-2)10-7-3/h13H,4-10H2,1-3H3. The van der Waals surface area contributed by atoms with Crippen LogP contribution in [0.3, 0.4) is 0 Å². The van der Waals surface area contributed by atoms with Crippen LogP contribution in [0.4, 0.5) is 0 Å². The van der Waals surface area contributed by atoms with Crippen LogP contribution in [0.5, 0.6) is 0 Å². The summed E-state index contributed by atoms with van der Waals surface area (Å²) in [5, 5.41) is 10.6. The van der Waals surface area contributed by atoms with Crippen LogP contribution in [-0.2, 0) is 0 Å². The SMILES string of the molecule is C=C1SC(N(CCC)CCC)=C(C#N)C1CCC. The second kappa shape index (κ2) is 7.53. The number of hydrogen-bond donors (Lipinski definition) is 0. The molecule has 3 heteroatoms. The summed E-state index contributed by atoms with van der Waals surface area (Å²) < 4.78 is 0. The van der Waals surface area contributed by atoms with Crippen molar-refractivity contribution in [2.45, 2.75) is 46.5 Å². The van der Waals surface area contributed by atoms with E-state index in [0.29, 0.717) is 0 Å². The highest BCUT2D eigenvalue weighted by Gasteiger charge is 2.31. The van der Waals surface area contributed by atoms with Gasteiger partial charge in [0, 0.05) is 19.0 Å². The first-order chi connectivity index (χ1) is 8.69. The third-order valence-electron chi connectivity index (χ3n) is 3.17. The number of nitriles is 1. The molecule has 0 aromatic rings. The van der Waals surface area contributed by atoms with Gasteiger partial charge in [-0.2, -0.15) is 5.26 Å².